The van der Waals surface area contributed by atoms with Gasteiger partial charge in [-0.05, 0) is 49.8 Å². The number of pyridine rings is 1. The number of amides is 1. The van der Waals surface area contributed by atoms with E-state index in [1.165, 1.54) is 0 Å². The van der Waals surface area contributed by atoms with E-state index in [0.717, 1.165) is 54.4 Å². The van der Waals surface area contributed by atoms with Gasteiger partial charge in [0, 0.05) is 29.7 Å². The van der Waals surface area contributed by atoms with Gasteiger partial charge in [0.2, 0.25) is 5.95 Å². The number of carbonyl (C=O) groups excluding carboxylic acids is 2. The van der Waals surface area contributed by atoms with Crippen molar-refractivity contribution in [3.63, 3.8) is 0 Å². The lowest BCUT2D eigenvalue weighted by atomic mass is 9.79. The molecule has 1 aliphatic carbocycles. The summed E-state index contributed by atoms with van der Waals surface area (Å²) in [6.07, 6.45) is 9.57. The summed E-state index contributed by atoms with van der Waals surface area (Å²) in [6.45, 7) is 2.02. The number of hydrogen-bond acceptors (Lipinski definition) is 6. The van der Waals surface area contributed by atoms with Crippen molar-refractivity contribution in [1.82, 2.24) is 15.0 Å². The fraction of sp³-hybridized carbons (Fsp3) is 0.292. The Morgan fingerprint density at radius 3 is 2.52 bits per heavy atom. The van der Waals surface area contributed by atoms with Crippen molar-refractivity contribution in [3.8, 4) is 11.1 Å². The number of fused-ring (bicyclic) bond motifs is 2. The summed E-state index contributed by atoms with van der Waals surface area (Å²) >= 11 is 0. The van der Waals surface area contributed by atoms with E-state index in [1.54, 1.807) is 24.7 Å². The second kappa shape index (κ2) is 7.58. The van der Waals surface area contributed by atoms with Crippen LogP contribution in [0.1, 0.15) is 64.1 Å². The third-order valence-corrected chi connectivity index (χ3v) is 6.14. The third-order valence-electron chi connectivity index (χ3n) is 6.14. The second-order valence-corrected chi connectivity index (χ2v) is 8.09. The van der Waals surface area contributed by atoms with Crippen LogP contribution in [0.25, 0.3) is 11.1 Å². The highest BCUT2D eigenvalue weighted by molar-refractivity contribution is 6.11. The molecule has 0 saturated heterocycles. The number of anilines is 1. The van der Waals surface area contributed by atoms with Crippen molar-refractivity contribution >= 4 is 17.8 Å². The largest absolute Gasteiger partial charge is 0.450 e. The van der Waals surface area contributed by atoms with Crippen molar-refractivity contribution in [1.29, 1.82) is 0 Å². The van der Waals surface area contributed by atoms with Gasteiger partial charge in [0.05, 0.1) is 5.56 Å². The minimum Gasteiger partial charge on any atom is -0.450 e. The summed E-state index contributed by atoms with van der Waals surface area (Å²) in [5.74, 6) is -0.850. The minimum atomic E-state index is -0.617. The van der Waals surface area contributed by atoms with E-state index in [0.29, 0.717) is 0 Å². The summed E-state index contributed by atoms with van der Waals surface area (Å²) in [6, 6.07) is 9.75. The van der Waals surface area contributed by atoms with Crippen LogP contribution < -0.4 is 5.32 Å². The van der Waals surface area contributed by atoms with Crippen molar-refractivity contribution in [3.05, 3.63) is 71.3 Å². The number of nitrogens with one attached hydrogen (secondary N) is 1. The number of nitrogens with zero attached hydrogens (tertiary/aromatic N) is 3. The molecule has 0 unspecified atom stereocenters. The van der Waals surface area contributed by atoms with E-state index in [-0.39, 0.29) is 17.2 Å². The average Bonchev–Trinajstić information content (AvgIpc) is 3.06. The van der Waals surface area contributed by atoms with Gasteiger partial charge in [-0.2, -0.15) is 0 Å². The van der Waals surface area contributed by atoms with E-state index < -0.39 is 17.5 Å². The fourth-order valence-corrected chi connectivity index (χ4v) is 4.59. The molecule has 3 aromatic rings. The number of carbonyl (C=O) groups is 2. The second-order valence-electron chi connectivity index (χ2n) is 8.09. The highest BCUT2D eigenvalue weighted by Gasteiger charge is 2.48. The maximum atomic E-state index is 12.9. The van der Waals surface area contributed by atoms with Crippen LogP contribution in [-0.4, -0.2) is 26.8 Å². The first-order valence-electron chi connectivity index (χ1n) is 10.5. The first-order valence-corrected chi connectivity index (χ1v) is 10.5. The highest BCUT2D eigenvalue weighted by Crippen LogP contribution is 2.47. The number of rotatable bonds is 3. The van der Waals surface area contributed by atoms with Gasteiger partial charge in [-0.15, -0.1) is 0 Å². The maximum absolute atomic E-state index is 12.9. The number of aromatic nitrogens is 3. The van der Waals surface area contributed by atoms with Gasteiger partial charge >= 0.3 is 5.97 Å². The Bertz CT molecular complexity index is 1170. The molecule has 1 aromatic carbocycles. The molecule has 0 bridgehead atoms. The van der Waals surface area contributed by atoms with E-state index in [9.17, 15) is 9.59 Å². The van der Waals surface area contributed by atoms with Crippen LogP contribution >= 0.6 is 0 Å². The summed E-state index contributed by atoms with van der Waals surface area (Å²) in [7, 11) is 0. The van der Waals surface area contributed by atoms with Crippen LogP contribution in [0.15, 0.2) is 48.9 Å². The van der Waals surface area contributed by atoms with Crippen molar-refractivity contribution in [2.75, 3.05) is 5.32 Å². The molecule has 156 valence electrons. The highest BCUT2D eigenvalue weighted by atomic mass is 16.6. The lowest BCUT2D eigenvalue weighted by Gasteiger charge is -2.32. The molecule has 1 amide bonds. The van der Waals surface area contributed by atoms with E-state index in [2.05, 4.69) is 20.3 Å². The smallest absolute Gasteiger partial charge is 0.341 e. The standard InChI is InChI=1S/C24H22N4O3/c1-15-7-3-4-8-17(15)16-13-26-23(27-14-16)28-21(29)20-19-18(9-12-25-20)24(31-22(19)30)10-5-2-6-11-24/h3-4,7-9,12-14H,2,5-6,10-11H2,1H3,(H,26,27,28,29). The Balaban J connectivity index is 1.41. The molecule has 1 N–H and O–H groups in total. The normalized spacial score (nSPS) is 16.6. The molecule has 1 fully saturated rings. The van der Waals surface area contributed by atoms with Gasteiger partial charge in [0.25, 0.3) is 5.91 Å². The molecule has 31 heavy (non-hydrogen) atoms. The zero-order chi connectivity index (χ0) is 21.4. The Morgan fingerprint density at radius 1 is 1.03 bits per heavy atom. The zero-order valence-electron chi connectivity index (χ0n) is 17.2. The minimum absolute atomic E-state index is 0.0523. The first-order chi connectivity index (χ1) is 15.1. The SMILES string of the molecule is Cc1ccccc1-c1cnc(NC(=O)c2nccc3c2C(=O)OC32CCCCC2)nc1. The van der Waals surface area contributed by atoms with Gasteiger partial charge in [-0.25, -0.2) is 14.8 Å². The molecule has 2 aliphatic rings. The molecule has 3 heterocycles. The van der Waals surface area contributed by atoms with Crippen molar-refractivity contribution in [2.45, 2.75) is 44.6 Å². The number of aryl methyl sites for hydroxylation is 1. The van der Waals surface area contributed by atoms with Crippen LogP contribution in [-0.2, 0) is 10.3 Å². The molecule has 0 radical (unpaired) electrons. The Kier molecular flexibility index (Phi) is 4.73. The number of ether oxygens (including phenoxy) is 1. The molecule has 1 saturated carbocycles. The van der Waals surface area contributed by atoms with Crippen molar-refractivity contribution in [2.24, 2.45) is 0 Å². The molecule has 1 aliphatic heterocycles. The van der Waals surface area contributed by atoms with E-state index >= 15 is 0 Å². The van der Waals surface area contributed by atoms with Crippen LogP contribution in [0.5, 0.6) is 0 Å². The molecule has 5 rings (SSSR count). The lowest BCUT2D eigenvalue weighted by Crippen LogP contribution is -2.29. The summed E-state index contributed by atoms with van der Waals surface area (Å²) in [4.78, 5) is 38.3. The predicted octanol–water partition coefficient (Wildman–Crippen LogP) is 4.43. The molecule has 7 heteroatoms. The van der Waals surface area contributed by atoms with Gasteiger partial charge in [-0.1, -0.05) is 30.7 Å². The first kappa shape index (κ1) is 19.4. The number of hydrogen-bond donors (Lipinski definition) is 1. The Hall–Kier alpha value is -3.61. The predicted molar refractivity (Wildman–Crippen MR) is 115 cm³/mol. The number of esters is 1. The molecular weight excluding hydrogens is 392 g/mol. The summed E-state index contributed by atoms with van der Waals surface area (Å²) in [5.41, 5.74) is 3.47. The molecule has 7 nitrogen and oxygen atoms in total. The Morgan fingerprint density at radius 2 is 1.77 bits per heavy atom. The average molecular weight is 414 g/mol. The van der Waals surface area contributed by atoms with Crippen LogP contribution in [0.4, 0.5) is 5.95 Å². The summed E-state index contributed by atoms with van der Waals surface area (Å²) < 4.78 is 5.79. The van der Waals surface area contributed by atoms with E-state index in [1.807, 2.05) is 31.2 Å². The monoisotopic (exact) mass is 414 g/mol. The van der Waals surface area contributed by atoms with Crippen molar-refractivity contribution < 1.29 is 14.3 Å². The summed E-state index contributed by atoms with van der Waals surface area (Å²) in [5, 5.41) is 2.66. The maximum Gasteiger partial charge on any atom is 0.341 e. The molecule has 0 atom stereocenters. The molecule has 1 spiro atoms. The zero-order valence-corrected chi connectivity index (χ0v) is 17.2. The van der Waals surface area contributed by atoms with Gasteiger partial charge in [0.1, 0.15) is 11.3 Å². The van der Waals surface area contributed by atoms with Crippen LogP contribution in [0.3, 0.4) is 0 Å². The number of benzene rings is 1. The fourth-order valence-electron chi connectivity index (χ4n) is 4.59. The molecular formula is C24H22N4O3. The van der Waals surface area contributed by atoms with Gasteiger partial charge < -0.3 is 4.74 Å². The quantitative estimate of drug-likeness (QED) is 0.637. The lowest BCUT2D eigenvalue weighted by molar-refractivity contribution is -0.0280. The molecule has 2 aromatic heterocycles. The van der Waals surface area contributed by atoms with Crippen LogP contribution in [0.2, 0.25) is 0 Å². The van der Waals surface area contributed by atoms with Crippen LogP contribution in [0, 0.1) is 6.92 Å². The topological polar surface area (TPSA) is 94.1 Å². The third kappa shape index (κ3) is 3.36. The van der Waals surface area contributed by atoms with E-state index in [4.69, 9.17) is 4.74 Å². The van der Waals surface area contributed by atoms with Gasteiger partial charge in [-0.3, -0.25) is 15.1 Å². The Labute approximate surface area is 179 Å². The van der Waals surface area contributed by atoms with Gasteiger partial charge in [0.15, 0.2) is 0 Å².